The van der Waals surface area contributed by atoms with Gasteiger partial charge in [0, 0.05) is 10.4 Å². The molecule has 0 fully saturated rings. The zero-order chi connectivity index (χ0) is 25.5. The molecule has 0 saturated heterocycles. The number of nitrogens with zero attached hydrogens (tertiary/aromatic N) is 1. The summed E-state index contributed by atoms with van der Waals surface area (Å²) in [5.74, 6) is 0.252. The Balaban J connectivity index is 1.37. The van der Waals surface area contributed by atoms with Crippen LogP contribution in [0.3, 0.4) is 0 Å². The van der Waals surface area contributed by atoms with Crippen molar-refractivity contribution in [3.8, 4) is 17.2 Å². The lowest BCUT2D eigenvalue weighted by atomic mass is 10.1. The Hall–Kier alpha value is -4.36. The van der Waals surface area contributed by atoms with Gasteiger partial charge in [0.05, 0.1) is 18.9 Å². The lowest BCUT2D eigenvalue weighted by Gasteiger charge is -2.14. The van der Waals surface area contributed by atoms with E-state index >= 15 is 0 Å². The summed E-state index contributed by atoms with van der Waals surface area (Å²) >= 11 is 5.86. The topological polar surface area (TPSA) is 86.2 Å². The molecule has 1 atom stereocenters. The third-order valence-electron chi connectivity index (χ3n) is 5.28. The zero-order valence-electron chi connectivity index (χ0n) is 19.6. The van der Waals surface area contributed by atoms with E-state index in [4.69, 9.17) is 25.8 Å². The van der Waals surface area contributed by atoms with Crippen molar-refractivity contribution >= 4 is 40.5 Å². The Morgan fingerprint density at radius 1 is 0.917 bits per heavy atom. The summed E-state index contributed by atoms with van der Waals surface area (Å²) in [7, 11) is 1.46. The van der Waals surface area contributed by atoms with Gasteiger partial charge >= 0.3 is 5.97 Å². The van der Waals surface area contributed by atoms with Crippen LogP contribution in [-0.4, -0.2) is 31.3 Å². The van der Waals surface area contributed by atoms with Crippen molar-refractivity contribution in [2.45, 2.75) is 13.0 Å². The van der Waals surface area contributed by atoms with Crippen LogP contribution < -0.4 is 19.6 Å². The first-order valence-corrected chi connectivity index (χ1v) is 11.5. The average Bonchev–Trinajstić information content (AvgIpc) is 2.89. The molecule has 0 aliphatic heterocycles. The maximum absolute atomic E-state index is 12.5. The van der Waals surface area contributed by atoms with E-state index < -0.39 is 18.0 Å². The summed E-state index contributed by atoms with van der Waals surface area (Å²) in [6.45, 7) is 1.65. The van der Waals surface area contributed by atoms with Crippen LogP contribution in [-0.2, 0) is 4.79 Å². The molecule has 0 heterocycles. The van der Waals surface area contributed by atoms with Gasteiger partial charge in [-0.3, -0.25) is 4.79 Å². The number of halogens is 1. The number of nitrogens with one attached hydrogen (secondary N) is 1. The number of ether oxygens (including phenoxy) is 3. The molecule has 0 aliphatic carbocycles. The number of hydrogen-bond acceptors (Lipinski definition) is 6. The van der Waals surface area contributed by atoms with Crippen LogP contribution in [0.5, 0.6) is 17.2 Å². The van der Waals surface area contributed by atoms with Gasteiger partial charge in [0.25, 0.3) is 5.91 Å². The van der Waals surface area contributed by atoms with Gasteiger partial charge in [0.15, 0.2) is 17.6 Å². The van der Waals surface area contributed by atoms with Crippen molar-refractivity contribution in [3.05, 3.63) is 101 Å². The van der Waals surface area contributed by atoms with Crippen LogP contribution in [0.4, 0.5) is 0 Å². The minimum Gasteiger partial charge on any atom is -0.493 e. The van der Waals surface area contributed by atoms with Gasteiger partial charge in [0.2, 0.25) is 0 Å². The molecule has 7 nitrogen and oxygen atoms in total. The van der Waals surface area contributed by atoms with Crippen molar-refractivity contribution in [3.63, 3.8) is 0 Å². The highest BCUT2D eigenvalue weighted by molar-refractivity contribution is 6.30. The monoisotopic (exact) mass is 502 g/mol. The highest BCUT2D eigenvalue weighted by Crippen LogP contribution is 2.29. The maximum atomic E-state index is 12.5. The molecule has 4 rings (SSSR count). The third kappa shape index (κ3) is 6.00. The predicted molar refractivity (Wildman–Crippen MR) is 139 cm³/mol. The van der Waals surface area contributed by atoms with Crippen molar-refractivity contribution in [1.82, 2.24) is 5.43 Å². The fourth-order valence-electron chi connectivity index (χ4n) is 3.40. The Labute approximate surface area is 213 Å². The van der Waals surface area contributed by atoms with Crippen molar-refractivity contribution in [2.24, 2.45) is 5.10 Å². The summed E-state index contributed by atoms with van der Waals surface area (Å²) in [5, 5.41) is 6.48. The normalized spacial score (nSPS) is 11.8. The molecule has 36 heavy (non-hydrogen) atoms. The molecule has 8 heteroatoms. The van der Waals surface area contributed by atoms with Crippen molar-refractivity contribution in [2.75, 3.05) is 7.11 Å². The first kappa shape index (κ1) is 24.8. The smallest absolute Gasteiger partial charge is 0.343 e. The van der Waals surface area contributed by atoms with Crippen LogP contribution in [0.1, 0.15) is 22.8 Å². The van der Waals surface area contributed by atoms with Gasteiger partial charge in [-0.15, -0.1) is 0 Å². The Bertz CT molecular complexity index is 1410. The predicted octanol–water partition coefficient (Wildman–Crippen LogP) is 5.64. The first-order chi connectivity index (χ1) is 17.4. The molecule has 0 radical (unpaired) electrons. The van der Waals surface area contributed by atoms with Crippen LogP contribution in [0.15, 0.2) is 90.0 Å². The van der Waals surface area contributed by atoms with Crippen molar-refractivity contribution < 1.29 is 23.8 Å². The van der Waals surface area contributed by atoms with E-state index in [9.17, 15) is 9.59 Å². The van der Waals surface area contributed by atoms with Gasteiger partial charge in [-0.05, 0) is 66.4 Å². The Morgan fingerprint density at radius 3 is 2.44 bits per heavy atom. The fourth-order valence-corrected chi connectivity index (χ4v) is 3.52. The number of amides is 1. The molecular formula is C28H23ClN2O5. The second kappa shape index (κ2) is 11.4. The molecule has 1 amide bonds. The molecule has 0 unspecified atom stereocenters. The standard InChI is InChI=1S/C28H23ClN2O5/c1-18(35-24-9-5-7-20-6-3-4-8-23(20)24)27(32)31-30-17-19-10-15-25(26(16-19)34-2)36-28(33)21-11-13-22(29)14-12-21/h3-18H,1-2H3,(H,31,32)/b30-17-/t18-/m1/s1. The number of rotatable bonds is 8. The largest absolute Gasteiger partial charge is 0.493 e. The Morgan fingerprint density at radius 2 is 1.67 bits per heavy atom. The highest BCUT2D eigenvalue weighted by atomic mass is 35.5. The van der Waals surface area contributed by atoms with E-state index in [0.29, 0.717) is 27.6 Å². The fraction of sp³-hybridized carbons (Fsp3) is 0.107. The number of methoxy groups -OCH3 is 1. The number of esters is 1. The molecule has 0 spiro atoms. The number of hydrogen-bond donors (Lipinski definition) is 1. The molecule has 4 aromatic rings. The Kier molecular flexibility index (Phi) is 7.82. The summed E-state index contributed by atoms with van der Waals surface area (Å²) in [4.78, 5) is 24.9. The van der Waals surface area contributed by atoms with Gasteiger partial charge in [-0.1, -0.05) is 48.0 Å². The molecule has 182 valence electrons. The molecule has 0 aromatic heterocycles. The number of hydrazone groups is 1. The summed E-state index contributed by atoms with van der Waals surface area (Å²) in [6, 6.07) is 24.7. The summed E-state index contributed by atoms with van der Waals surface area (Å²) < 4.78 is 16.6. The van der Waals surface area contributed by atoms with Gasteiger partial charge in [0.1, 0.15) is 5.75 Å². The molecule has 0 bridgehead atoms. The molecular weight excluding hydrogens is 480 g/mol. The molecule has 0 aliphatic rings. The van der Waals surface area contributed by atoms with Gasteiger partial charge in [-0.2, -0.15) is 5.10 Å². The summed E-state index contributed by atoms with van der Waals surface area (Å²) in [5.41, 5.74) is 3.46. The lowest BCUT2D eigenvalue weighted by molar-refractivity contribution is -0.127. The van der Waals surface area contributed by atoms with E-state index in [1.165, 1.54) is 13.3 Å². The number of carbonyl (C=O) groups is 2. The van der Waals surface area contributed by atoms with E-state index in [-0.39, 0.29) is 5.75 Å². The van der Waals surface area contributed by atoms with Crippen LogP contribution in [0.25, 0.3) is 10.8 Å². The molecule has 1 N–H and O–H groups in total. The van der Waals surface area contributed by atoms with Gasteiger partial charge < -0.3 is 14.2 Å². The van der Waals surface area contributed by atoms with E-state index in [1.807, 2.05) is 42.5 Å². The van der Waals surface area contributed by atoms with Crippen LogP contribution >= 0.6 is 11.6 Å². The number of benzene rings is 4. The van der Waals surface area contributed by atoms with Crippen LogP contribution in [0.2, 0.25) is 5.02 Å². The van der Waals surface area contributed by atoms with E-state index in [1.54, 1.807) is 49.4 Å². The molecule has 4 aromatic carbocycles. The van der Waals surface area contributed by atoms with E-state index in [0.717, 1.165) is 10.8 Å². The number of carbonyl (C=O) groups excluding carboxylic acids is 2. The third-order valence-corrected chi connectivity index (χ3v) is 5.53. The minimum absolute atomic E-state index is 0.246. The lowest BCUT2D eigenvalue weighted by Crippen LogP contribution is -2.33. The average molecular weight is 503 g/mol. The second-order valence-electron chi connectivity index (χ2n) is 7.78. The van der Waals surface area contributed by atoms with Crippen molar-refractivity contribution in [1.29, 1.82) is 0 Å². The maximum Gasteiger partial charge on any atom is 0.343 e. The molecule has 0 saturated carbocycles. The SMILES string of the molecule is COc1cc(/C=N\NC(=O)[C@@H](C)Oc2cccc3ccccc23)ccc1OC(=O)c1ccc(Cl)cc1. The first-order valence-electron chi connectivity index (χ1n) is 11.1. The second-order valence-corrected chi connectivity index (χ2v) is 8.21. The minimum atomic E-state index is -0.767. The number of fused-ring (bicyclic) bond motifs is 1. The quantitative estimate of drug-likeness (QED) is 0.146. The summed E-state index contributed by atoms with van der Waals surface area (Å²) in [6.07, 6.45) is 0.688. The van der Waals surface area contributed by atoms with E-state index in [2.05, 4.69) is 10.5 Å². The zero-order valence-corrected chi connectivity index (χ0v) is 20.4. The van der Waals surface area contributed by atoms with Crippen LogP contribution in [0, 0.1) is 0 Å². The van der Waals surface area contributed by atoms with Gasteiger partial charge in [-0.25, -0.2) is 10.2 Å². The highest BCUT2D eigenvalue weighted by Gasteiger charge is 2.16.